The fraction of sp³-hybridized carbons (Fsp3) is 0.111. The minimum Gasteiger partial charge on any atom is -0.248 e. The highest BCUT2D eigenvalue weighted by molar-refractivity contribution is 9.10. The molecule has 0 fully saturated rings. The number of benzene rings is 1. The van der Waals surface area contributed by atoms with E-state index in [1.54, 1.807) is 13.0 Å². The molecular formula is C9H5BrClFN2. The molecule has 14 heavy (non-hydrogen) atoms. The third-order valence-electron chi connectivity index (χ3n) is 1.84. The van der Waals surface area contributed by atoms with Crippen molar-refractivity contribution < 1.29 is 4.39 Å². The summed E-state index contributed by atoms with van der Waals surface area (Å²) >= 11 is 8.90. The van der Waals surface area contributed by atoms with Gasteiger partial charge in [0.05, 0.1) is 15.7 Å². The largest absolute Gasteiger partial charge is 0.248 e. The lowest BCUT2D eigenvalue weighted by molar-refractivity contribution is 0.623. The summed E-state index contributed by atoms with van der Waals surface area (Å²) in [4.78, 5) is 8.24. The normalized spacial score (nSPS) is 10.9. The van der Waals surface area contributed by atoms with Gasteiger partial charge in [0.25, 0.3) is 0 Å². The molecule has 0 saturated heterocycles. The van der Waals surface area contributed by atoms with Gasteiger partial charge < -0.3 is 0 Å². The Morgan fingerprint density at radius 2 is 2.07 bits per heavy atom. The Bertz CT molecular complexity index is 516. The Morgan fingerprint density at radius 1 is 1.36 bits per heavy atom. The maximum Gasteiger partial charge on any atom is 0.151 e. The van der Waals surface area contributed by atoms with Crippen LogP contribution in [0.15, 0.2) is 16.6 Å². The van der Waals surface area contributed by atoms with Crippen molar-refractivity contribution in [2.75, 3.05) is 0 Å². The van der Waals surface area contributed by atoms with Gasteiger partial charge in [-0.15, -0.1) is 0 Å². The number of aromatic nitrogens is 2. The van der Waals surface area contributed by atoms with Crippen LogP contribution in [-0.4, -0.2) is 9.97 Å². The second-order valence-electron chi connectivity index (χ2n) is 2.83. The Balaban J connectivity index is 2.89. The zero-order valence-electron chi connectivity index (χ0n) is 7.18. The molecule has 2 nitrogen and oxygen atoms in total. The molecule has 2 rings (SSSR count). The third-order valence-corrected chi connectivity index (χ3v) is 2.96. The Labute approximate surface area is 93.3 Å². The van der Waals surface area contributed by atoms with Gasteiger partial charge in [0.1, 0.15) is 11.3 Å². The minimum atomic E-state index is -0.369. The van der Waals surface area contributed by atoms with E-state index in [0.29, 0.717) is 26.4 Å². The lowest BCUT2D eigenvalue weighted by Crippen LogP contribution is -1.92. The summed E-state index contributed by atoms with van der Waals surface area (Å²) in [6.07, 6.45) is 0. The molecule has 5 heteroatoms. The van der Waals surface area contributed by atoms with E-state index in [2.05, 4.69) is 25.9 Å². The lowest BCUT2D eigenvalue weighted by Gasteiger charge is -2.02. The first-order valence-corrected chi connectivity index (χ1v) is 5.04. The van der Waals surface area contributed by atoms with Crippen LogP contribution in [-0.2, 0) is 0 Å². The second-order valence-corrected chi connectivity index (χ2v) is 3.98. The summed E-state index contributed by atoms with van der Waals surface area (Å²) in [6, 6.07) is 2.92. The fourth-order valence-electron chi connectivity index (χ4n) is 1.13. The number of halogens is 3. The van der Waals surface area contributed by atoms with E-state index in [1.165, 1.54) is 6.07 Å². The summed E-state index contributed by atoms with van der Waals surface area (Å²) in [7, 11) is 0. The number of hydrogen-bond acceptors (Lipinski definition) is 2. The van der Waals surface area contributed by atoms with E-state index in [4.69, 9.17) is 11.6 Å². The molecule has 0 radical (unpaired) electrons. The first-order chi connectivity index (χ1) is 6.59. The van der Waals surface area contributed by atoms with E-state index in [-0.39, 0.29) is 5.82 Å². The van der Waals surface area contributed by atoms with E-state index < -0.39 is 0 Å². The fourth-order valence-corrected chi connectivity index (χ4v) is 1.68. The van der Waals surface area contributed by atoms with Gasteiger partial charge in [-0.05, 0) is 35.0 Å². The molecule has 2 aromatic rings. The van der Waals surface area contributed by atoms with Crippen molar-refractivity contribution in [1.82, 2.24) is 9.97 Å². The first-order valence-electron chi connectivity index (χ1n) is 3.87. The predicted octanol–water partition coefficient (Wildman–Crippen LogP) is 3.49. The van der Waals surface area contributed by atoms with Crippen LogP contribution in [0.2, 0.25) is 5.15 Å². The van der Waals surface area contributed by atoms with Crippen molar-refractivity contribution in [1.29, 1.82) is 0 Å². The van der Waals surface area contributed by atoms with Gasteiger partial charge in [0.15, 0.2) is 5.15 Å². The van der Waals surface area contributed by atoms with Crippen molar-refractivity contribution >= 4 is 38.6 Å². The average Bonchev–Trinajstić information content (AvgIpc) is 2.15. The monoisotopic (exact) mass is 274 g/mol. The maximum absolute atomic E-state index is 13.1. The Hall–Kier alpha value is -0.740. The third kappa shape index (κ3) is 1.48. The van der Waals surface area contributed by atoms with Crippen molar-refractivity contribution in [3.8, 4) is 0 Å². The van der Waals surface area contributed by atoms with Gasteiger partial charge in [0, 0.05) is 0 Å². The van der Waals surface area contributed by atoms with Crippen molar-refractivity contribution in [2.45, 2.75) is 6.92 Å². The summed E-state index contributed by atoms with van der Waals surface area (Å²) < 4.78 is 13.4. The topological polar surface area (TPSA) is 25.8 Å². The standard InChI is InChI=1S/C9H5BrClFN2/c1-4-9(11)14-8-6(13-4)3-2-5(12)7(8)10/h2-3H,1H3. The quantitative estimate of drug-likeness (QED) is 0.735. The molecule has 0 unspecified atom stereocenters. The molecule has 0 spiro atoms. The van der Waals surface area contributed by atoms with Crippen molar-refractivity contribution in [2.24, 2.45) is 0 Å². The molecule has 1 heterocycles. The molecule has 0 amide bonds. The zero-order chi connectivity index (χ0) is 10.3. The first kappa shape index (κ1) is 9.80. The van der Waals surface area contributed by atoms with Crippen LogP contribution in [0.1, 0.15) is 5.69 Å². The molecule has 1 aromatic heterocycles. The molecular weight excluding hydrogens is 270 g/mol. The van der Waals surface area contributed by atoms with E-state index in [1.807, 2.05) is 0 Å². The van der Waals surface area contributed by atoms with Gasteiger partial charge in [-0.2, -0.15) is 0 Å². The molecule has 1 aromatic carbocycles. The summed E-state index contributed by atoms with van der Waals surface area (Å²) in [5.41, 5.74) is 1.71. The van der Waals surface area contributed by atoms with Crippen LogP contribution in [0.3, 0.4) is 0 Å². The van der Waals surface area contributed by atoms with Crippen LogP contribution in [0.5, 0.6) is 0 Å². The molecule has 0 N–H and O–H groups in total. The van der Waals surface area contributed by atoms with Crippen molar-refractivity contribution in [3.63, 3.8) is 0 Å². The number of fused-ring (bicyclic) bond motifs is 1. The van der Waals surface area contributed by atoms with Gasteiger partial charge in [-0.1, -0.05) is 11.6 Å². The zero-order valence-corrected chi connectivity index (χ0v) is 9.52. The van der Waals surface area contributed by atoms with Crippen molar-refractivity contribution in [3.05, 3.63) is 33.3 Å². The van der Waals surface area contributed by atoms with E-state index in [0.717, 1.165) is 0 Å². The Morgan fingerprint density at radius 3 is 2.79 bits per heavy atom. The maximum atomic E-state index is 13.1. The number of aryl methyl sites for hydroxylation is 1. The molecule has 0 aliphatic carbocycles. The van der Waals surface area contributed by atoms with Crippen LogP contribution in [0, 0.1) is 12.7 Å². The van der Waals surface area contributed by atoms with E-state index in [9.17, 15) is 4.39 Å². The highest BCUT2D eigenvalue weighted by Gasteiger charge is 2.09. The molecule has 0 aliphatic heterocycles. The molecule has 0 saturated carbocycles. The number of rotatable bonds is 0. The average molecular weight is 276 g/mol. The molecule has 72 valence electrons. The second kappa shape index (κ2) is 3.44. The summed E-state index contributed by atoms with van der Waals surface area (Å²) in [5.74, 6) is -0.369. The number of nitrogens with zero attached hydrogens (tertiary/aromatic N) is 2. The minimum absolute atomic E-state index is 0.295. The molecule has 0 bridgehead atoms. The van der Waals surface area contributed by atoms with Crippen LogP contribution in [0.25, 0.3) is 11.0 Å². The van der Waals surface area contributed by atoms with E-state index >= 15 is 0 Å². The smallest absolute Gasteiger partial charge is 0.151 e. The summed E-state index contributed by atoms with van der Waals surface area (Å²) in [6.45, 7) is 1.76. The highest BCUT2D eigenvalue weighted by atomic mass is 79.9. The molecule has 0 atom stereocenters. The van der Waals surface area contributed by atoms with Crippen LogP contribution >= 0.6 is 27.5 Å². The van der Waals surface area contributed by atoms with Gasteiger partial charge >= 0.3 is 0 Å². The van der Waals surface area contributed by atoms with Crippen LogP contribution < -0.4 is 0 Å². The van der Waals surface area contributed by atoms with Gasteiger partial charge in [-0.3, -0.25) is 0 Å². The lowest BCUT2D eigenvalue weighted by atomic mass is 10.3. The number of hydrogen-bond donors (Lipinski definition) is 0. The Kier molecular flexibility index (Phi) is 2.41. The summed E-state index contributed by atoms with van der Waals surface area (Å²) in [5, 5.41) is 0.295. The highest BCUT2D eigenvalue weighted by Crippen LogP contribution is 2.26. The SMILES string of the molecule is Cc1nc2ccc(F)c(Br)c2nc1Cl. The van der Waals surface area contributed by atoms with Crippen LogP contribution in [0.4, 0.5) is 4.39 Å². The predicted molar refractivity (Wildman–Crippen MR) is 56.9 cm³/mol. The van der Waals surface area contributed by atoms with Gasteiger partial charge in [-0.25, -0.2) is 14.4 Å². The molecule has 0 aliphatic rings. The van der Waals surface area contributed by atoms with Gasteiger partial charge in [0.2, 0.25) is 0 Å².